The van der Waals surface area contributed by atoms with Crippen LogP contribution in [0.2, 0.25) is 0 Å². The van der Waals surface area contributed by atoms with E-state index in [1.807, 2.05) is 37.0 Å². The van der Waals surface area contributed by atoms with Crippen molar-refractivity contribution in [2.75, 3.05) is 5.73 Å². The summed E-state index contributed by atoms with van der Waals surface area (Å²) >= 11 is 0. The van der Waals surface area contributed by atoms with E-state index >= 15 is 0 Å². The van der Waals surface area contributed by atoms with Gasteiger partial charge in [0.25, 0.3) is 5.82 Å². The lowest BCUT2D eigenvalue weighted by molar-refractivity contribution is -0.737. The van der Waals surface area contributed by atoms with Gasteiger partial charge in [-0.05, 0) is 6.92 Å². The number of nitrogen functional groups attached to an aromatic ring is 1. The molecule has 0 atom stereocenters. The van der Waals surface area contributed by atoms with Crippen LogP contribution in [0.1, 0.15) is 5.56 Å². The number of aromatic nitrogens is 2. The Morgan fingerprint density at radius 3 is 2.19 bits per heavy atom. The Bertz CT molecular complexity index is 463. The quantitative estimate of drug-likeness (QED) is 0.497. The Kier molecular flexibility index (Phi) is 3.96. The van der Waals surface area contributed by atoms with E-state index in [0.717, 1.165) is 11.4 Å². The van der Waals surface area contributed by atoms with Gasteiger partial charge in [0.1, 0.15) is 7.05 Å². The summed E-state index contributed by atoms with van der Waals surface area (Å²) in [4.78, 5) is 0. The van der Waals surface area contributed by atoms with Gasteiger partial charge in [0.2, 0.25) is 0 Å². The average molecular weight is 329 g/mol. The summed E-state index contributed by atoms with van der Waals surface area (Å²) in [5.74, 6) is 0.816. The normalized spacial score (nSPS) is 9.94. The summed E-state index contributed by atoms with van der Waals surface area (Å²) in [5.41, 5.74) is 9.49. The maximum absolute atomic E-state index is 5.98. The first-order valence-electron chi connectivity index (χ1n) is 4.99. The summed E-state index contributed by atoms with van der Waals surface area (Å²) in [6, 6.07) is 10.3. The van der Waals surface area contributed by atoms with E-state index in [9.17, 15) is 0 Å². The maximum Gasteiger partial charge on any atom is 0.296 e. The van der Waals surface area contributed by atoms with Crippen LogP contribution in [0.5, 0.6) is 0 Å². The molecule has 3 nitrogen and oxygen atoms in total. The highest BCUT2D eigenvalue weighted by atomic mass is 127. The second kappa shape index (κ2) is 4.86. The van der Waals surface area contributed by atoms with Crippen LogP contribution in [0.15, 0.2) is 30.3 Å². The number of nitrogens with zero attached hydrogens (tertiary/aromatic N) is 2. The van der Waals surface area contributed by atoms with Crippen molar-refractivity contribution < 1.29 is 28.7 Å². The molecule has 0 saturated heterocycles. The van der Waals surface area contributed by atoms with Crippen LogP contribution in [0, 0.1) is 6.92 Å². The average Bonchev–Trinajstić information content (AvgIpc) is 2.45. The minimum absolute atomic E-state index is 0. The van der Waals surface area contributed by atoms with Gasteiger partial charge in [-0.2, -0.15) is 4.68 Å². The standard InChI is InChI=1S/C12H15N3.HI/c1-9-11(10-7-5-4-6-8-10)14(2)15(3)12(9)13;/h4-8,13H,1-3H3;1H. The van der Waals surface area contributed by atoms with Crippen molar-refractivity contribution in [2.45, 2.75) is 6.92 Å². The zero-order valence-electron chi connectivity index (χ0n) is 9.74. The Balaban J connectivity index is 0.00000128. The van der Waals surface area contributed by atoms with E-state index in [4.69, 9.17) is 5.73 Å². The van der Waals surface area contributed by atoms with Gasteiger partial charge < -0.3 is 24.0 Å². The van der Waals surface area contributed by atoms with Gasteiger partial charge in [-0.15, -0.1) is 0 Å². The Hall–Kier alpha value is -1.04. The fourth-order valence-corrected chi connectivity index (χ4v) is 1.92. The Morgan fingerprint density at radius 2 is 1.75 bits per heavy atom. The highest BCUT2D eigenvalue weighted by molar-refractivity contribution is 5.66. The summed E-state index contributed by atoms with van der Waals surface area (Å²) in [6.07, 6.45) is 0. The lowest BCUT2D eigenvalue weighted by Crippen LogP contribution is -3.00. The smallest absolute Gasteiger partial charge is 0.296 e. The molecule has 1 heterocycles. The van der Waals surface area contributed by atoms with Gasteiger partial charge in [-0.3, -0.25) is 5.73 Å². The van der Waals surface area contributed by atoms with E-state index in [1.165, 1.54) is 11.3 Å². The second-order valence-electron chi connectivity index (χ2n) is 3.77. The van der Waals surface area contributed by atoms with Crippen molar-refractivity contribution in [1.82, 2.24) is 4.68 Å². The first-order chi connectivity index (χ1) is 7.13. The Labute approximate surface area is 113 Å². The lowest BCUT2D eigenvalue weighted by atomic mass is 10.1. The predicted octanol–water partition coefficient (Wildman–Crippen LogP) is -1.59. The number of nitrogens with two attached hydrogens (primary N) is 1. The number of rotatable bonds is 1. The van der Waals surface area contributed by atoms with Gasteiger partial charge in [-0.25, -0.2) is 4.68 Å². The summed E-state index contributed by atoms with van der Waals surface area (Å²) in [5, 5.41) is 0. The van der Waals surface area contributed by atoms with Crippen molar-refractivity contribution in [3.05, 3.63) is 35.9 Å². The number of benzene rings is 1. The van der Waals surface area contributed by atoms with Crippen LogP contribution < -0.4 is 34.4 Å². The van der Waals surface area contributed by atoms with Crippen LogP contribution in [-0.4, -0.2) is 4.68 Å². The molecule has 0 spiro atoms. The highest BCUT2D eigenvalue weighted by Crippen LogP contribution is 2.24. The van der Waals surface area contributed by atoms with Gasteiger partial charge in [0, 0.05) is 12.6 Å². The lowest BCUT2D eigenvalue weighted by Gasteiger charge is -2.02. The molecule has 86 valence electrons. The van der Waals surface area contributed by atoms with Crippen LogP contribution in [0.4, 0.5) is 5.82 Å². The van der Waals surface area contributed by atoms with E-state index in [0.29, 0.717) is 0 Å². The molecule has 1 aromatic heterocycles. The molecular formula is C12H16IN3. The molecule has 0 radical (unpaired) electrons. The minimum Gasteiger partial charge on any atom is -1.00 e. The molecule has 2 aromatic rings. The van der Waals surface area contributed by atoms with E-state index in [1.54, 1.807) is 0 Å². The monoisotopic (exact) mass is 329 g/mol. The summed E-state index contributed by atoms with van der Waals surface area (Å²) in [6.45, 7) is 2.05. The first kappa shape index (κ1) is 13.0. The number of hydrogen-bond acceptors (Lipinski definition) is 1. The van der Waals surface area contributed by atoms with Crippen molar-refractivity contribution in [2.24, 2.45) is 14.1 Å². The number of anilines is 1. The maximum atomic E-state index is 5.98. The predicted molar refractivity (Wildman–Crippen MR) is 61.2 cm³/mol. The number of hydrogen-bond donors (Lipinski definition) is 1. The molecule has 0 fully saturated rings. The zero-order chi connectivity index (χ0) is 11.0. The van der Waals surface area contributed by atoms with E-state index < -0.39 is 0 Å². The minimum atomic E-state index is 0. The molecular weight excluding hydrogens is 313 g/mol. The van der Waals surface area contributed by atoms with Crippen LogP contribution in [0.3, 0.4) is 0 Å². The molecule has 0 aliphatic rings. The van der Waals surface area contributed by atoms with E-state index in [2.05, 4.69) is 23.7 Å². The molecule has 0 aliphatic carbocycles. The molecule has 16 heavy (non-hydrogen) atoms. The van der Waals surface area contributed by atoms with Crippen molar-refractivity contribution >= 4 is 5.82 Å². The topological polar surface area (TPSA) is 34.8 Å². The van der Waals surface area contributed by atoms with Gasteiger partial charge in [0.05, 0.1) is 11.3 Å². The van der Waals surface area contributed by atoms with Crippen LogP contribution >= 0.6 is 0 Å². The number of halogens is 1. The Morgan fingerprint density at radius 1 is 1.19 bits per heavy atom. The van der Waals surface area contributed by atoms with Gasteiger partial charge in [-0.1, -0.05) is 30.3 Å². The summed E-state index contributed by atoms with van der Waals surface area (Å²) < 4.78 is 4.03. The third-order valence-electron chi connectivity index (χ3n) is 2.91. The van der Waals surface area contributed by atoms with Crippen molar-refractivity contribution in [1.29, 1.82) is 0 Å². The van der Waals surface area contributed by atoms with Crippen molar-refractivity contribution in [3.8, 4) is 11.3 Å². The molecule has 2 N–H and O–H groups in total. The third kappa shape index (κ3) is 1.93. The molecule has 1 aromatic carbocycles. The third-order valence-corrected chi connectivity index (χ3v) is 2.91. The van der Waals surface area contributed by atoms with Crippen molar-refractivity contribution in [3.63, 3.8) is 0 Å². The zero-order valence-corrected chi connectivity index (χ0v) is 11.9. The molecule has 0 unspecified atom stereocenters. The SMILES string of the molecule is Cc1c(-c2ccccc2)n(C)[n+](C)c1N.[I-]. The van der Waals surface area contributed by atoms with Gasteiger partial charge in [0.15, 0.2) is 0 Å². The molecule has 0 amide bonds. The molecule has 0 aliphatic heterocycles. The molecule has 4 heteroatoms. The molecule has 0 saturated carbocycles. The van der Waals surface area contributed by atoms with E-state index in [-0.39, 0.29) is 24.0 Å². The fraction of sp³-hybridized carbons (Fsp3) is 0.250. The second-order valence-corrected chi connectivity index (χ2v) is 3.77. The first-order valence-corrected chi connectivity index (χ1v) is 4.99. The highest BCUT2D eigenvalue weighted by Gasteiger charge is 2.18. The van der Waals surface area contributed by atoms with Crippen LogP contribution in [-0.2, 0) is 14.1 Å². The largest absolute Gasteiger partial charge is 1.00 e. The molecule has 0 bridgehead atoms. The van der Waals surface area contributed by atoms with Gasteiger partial charge >= 0.3 is 0 Å². The van der Waals surface area contributed by atoms with Crippen LogP contribution in [0.25, 0.3) is 11.3 Å². The molecule has 2 rings (SSSR count). The summed E-state index contributed by atoms with van der Waals surface area (Å²) in [7, 11) is 3.99. The fourth-order valence-electron chi connectivity index (χ4n) is 1.92.